The van der Waals surface area contributed by atoms with Crippen LogP contribution in [0.2, 0.25) is 0 Å². The lowest BCUT2D eigenvalue weighted by molar-refractivity contribution is 0.0477. The normalized spacial score (nSPS) is 10.2. The van der Waals surface area contributed by atoms with E-state index in [1.807, 2.05) is 13.8 Å². The van der Waals surface area contributed by atoms with E-state index in [2.05, 4.69) is 0 Å². The third-order valence-electron chi connectivity index (χ3n) is 2.44. The third kappa shape index (κ3) is 2.88. The van der Waals surface area contributed by atoms with Crippen LogP contribution in [0.5, 0.6) is 0 Å². The van der Waals surface area contributed by atoms with Gasteiger partial charge in [0.05, 0.1) is 12.2 Å². The van der Waals surface area contributed by atoms with E-state index in [-0.39, 0.29) is 18.2 Å². The molecule has 1 aromatic rings. The highest BCUT2D eigenvalue weighted by molar-refractivity contribution is 7.14. The molecule has 0 saturated carbocycles. The van der Waals surface area contributed by atoms with Crippen LogP contribution in [0, 0.1) is 6.92 Å². The van der Waals surface area contributed by atoms with E-state index >= 15 is 0 Å². The SMILES string of the molecule is CCOC(=O)c1c(C(=O)OCN)sc(C)c1CC. The van der Waals surface area contributed by atoms with Gasteiger partial charge in [0, 0.05) is 4.88 Å². The first-order valence-electron chi connectivity index (χ1n) is 5.73. The Hall–Kier alpha value is -1.40. The quantitative estimate of drug-likeness (QED) is 0.653. The van der Waals surface area contributed by atoms with Gasteiger partial charge >= 0.3 is 11.9 Å². The standard InChI is InChI=1S/C12H17NO4S/c1-4-8-7(3)18-10(12(15)17-6-13)9(8)11(14)16-5-2/h4-6,13H2,1-3H3. The van der Waals surface area contributed by atoms with Gasteiger partial charge in [-0.05, 0) is 25.8 Å². The van der Waals surface area contributed by atoms with E-state index in [4.69, 9.17) is 15.2 Å². The summed E-state index contributed by atoms with van der Waals surface area (Å²) in [7, 11) is 0. The maximum Gasteiger partial charge on any atom is 0.350 e. The first-order chi connectivity index (χ1) is 8.56. The van der Waals surface area contributed by atoms with E-state index in [0.29, 0.717) is 12.0 Å². The molecule has 0 radical (unpaired) electrons. The second kappa shape index (κ2) is 6.51. The van der Waals surface area contributed by atoms with Crippen molar-refractivity contribution in [2.75, 3.05) is 13.3 Å². The number of carbonyl (C=O) groups excluding carboxylic acids is 2. The van der Waals surface area contributed by atoms with Gasteiger partial charge in [0.15, 0.2) is 0 Å². The first kappa shape index (κ1) is 14.7. The minimum Gasteiger partial charge on any atom is -0.462 e. The highest BCUT2D eigenvalue weighted by Gasteiger charge is 2.26. The molecule has 0 spiro atoms. The number of thiophene rings is 1. The number of rotatable bonds is 5. The Morgan fingerprint density at radius 3 is 2.39 bits per heavy atom. The molecule has 1 rings (SSSR count). The molecule has 0 aliphatic rings. The van der Waals surface area contributed by atoms with Crippen molar-refractivity contribution in [1.82, 2.24) is 0 Å². The summed E-state index contributed by atoms with van der Waals surface area (Å²) in [6.45, 7) is 5.57. The highest BCUT2D eigenvalue weighted by atomic mass is 32.1. The zero-order valence-electron chi connectivity index (χ0n) is 10.7. The molecule has 100 valence electrons. The van der Waals surface area contributed by atoms with E-state index in [9.17, 15) is 9.59 Å². The van der Waals surface area contributed by atoms with Crippen LogP contribution >= 0.6 is 11.3 Å². The van der Waals surface area contributed by atoms with Gasteiger partial charge in [-0.2, -0.15) is 0 Å². The van der Waals surface area contributed by atoms with Gasteiger partial charge in [0.2, 0.25) is 0 Å². The molecule has 2 N–H and O–H groups in total. The van der Waals surface area contributed by atoms with Crippen molar-refractivity contribution in [2.24, 2.45) is 5.73 Å². The molecule has 18 heavy (non-hydrogen) atoms. The number of ether oxygens (including phenoxy) is 2. The molecule has 0 aliphatic heterocycles. The van der Waals surface area contributed by atoms with E-state index in [0.717, 1.165) is 10.4 Å². The summed E-state index contributed by atoms with van der Waals surface area (Å²) in [6.07, 6.45) is 0.659. The number of nitrogens with two attached hydrogens (primary N) is 1. The lowest BCUT2D eigenvalue weighted by Gasteiger charge is -2.05. The van der Waals surface area contributed by atoms with Gasteiger partial charge in [0.1, 0.15) is 11.6 Å². The number of carbonyl (C=O) groups is 2. The van der Waals surface area contributed by atoms with Crippen molar-refractivity contribution in [3.05, 3.63) is 20.9 Å². The van der Waals surface area contributed by atoms with Gasteiger partial charge in [-0.15, -0.1) is 11.3 Å². The number of esters is 2. The van der Waals surface area contributed by atoms with E-state index in [1.54, 1.807) is 6.92 Å². The predicted octanol–water partition coefficient (Wildman–Crippen LogP) is 1.87. The van der Waals surface area contributed by atoms with Crippen molar-refractivity contribution in [2.45, 2.75) is 27.2 Å². The fourth-order valence-corrected chi connectivity index (χ4v) is 2.84. The summed E-state index contributed by atoms with van der Waals surface area (Å²) in [6, 6.07) is 0. The molecular formula is C12H17NO4S. The van der Waals surface area contributed by atoms with Crippen LogP contribution in [-0.4, -0.2) is 25.3 Å². The minimum absolute atomic E-state index is 0.209. The van der Waals surface area contributed by atoms with Crippen molar-refractivity contribution >= 4 is 23.3 Å². The largest absolute Gasteiger partial charge is 0.462 e. The van der Waals surface area contributed by atoms with Gasteiger partial charge in [-0.1, -0.05) is 6.92 Å². The molecule has 0 saturated heterocycles. The molecule has 0 amide bonds. The second-order valence-electron chi connectivity index (χ2n) is 3.51. The molecule has 5 nitrogen and oxygen atoms in total. The van der Waals surface area contributed by atoms with Crippen molar-refractivity contribution in [3.63, 3.8) is 0 Å². The first-order valence-corrected chi connectivity index (χ1v) is 6.54. The highest BCUT2D eigenvalue weighted by Crippen LogP contribution is 2.30. The summed E-state index contributed by atoms with van der Waals surface area (Å²) < 4.78 is 9.73. The van der Waals surface area contributed by atoms with Gasteiger partial charge in [-0.3, -0.25) is 5.73 Å². The molecule has 0 bridgehead atoms. The van der Waals surface area contributed by atoms with Crippen molar-refractivity contribution in [1.29, 1.82) is 0 Å². The van der Waals surface area contributed by atoms with Crippen molar-refractivity contribution in [3.8, 4) is 0 Å². The lowest BCUT2D eigenvalue weighted by Crippen LogP contribution is -2.16. The maximum absolute atomic E-state index is 11.9. The Morgan fingerprint density at radius 1 is 1.22 bits per heavy atom. The molecule has 0 atom stereocenters. The maximum atomic E-state index is 11.9. The molecule has 6 heteroatoms. The predicted molar refractivity (Wildman–Crippen MR) is 68.9 cm³/mol. The zero-order chi connectivity index (χ0) is 13.7. The molecule has 0 aliphatic carbocycles. The van der Waals surface area contributed by atoms with Gasteiger partial charge < -0.3 is 9.47 Å². The Bertz CT molecular complexity index is 453. The average molecular weight is 271 g/mol. The Balaban J connectivity index is 3.25. The average Bonchev–Trinajstić information content (AvgIpc) is 2.66. The lowest BCUT2D eigenvalue weighted by atomic mass is 10.1. The number of hydrogen-bond donors (Lipinski definition) is 1. The Labute approximate surface area is 110 Å². The van der Waals surface area contributed by atoms with Crippen LogP contribution in [-0.2, 0) is 15.9 Å². The number of hydrogen-bond acceptors (Lipinski definition) is 6. The zero-order valence-corrected chi connectivity index (χ0v) is 11.6. The van der Waals surface area contributed by atoms with E-state index < -0.39 is 11.9 Å². The Kier molecular flexibility index (Phi) is 5.30. The summed E-state index contributed by atoms with van der Waals surface area (Å²) >= 11 is 1.24. The fraction of sp³-hybridized carbons (Fsp3) is 0.500. The van der Waals surface area contributed by atoms with Gasteiger partial charge in [0.25, 0.3) is 0 Å². The third-order valence-corrected chi connectivity index (χ3v) is 3.57. The molecule has 1 heterocycles. The van der Waals surface area contributed by atoms with Crippen LogP contribution in [0.3, 0.4) is 0 Å². The Morgan fingerprint density at radius 2 is 1.89 bits per heavy atom. The van der Waals surface area contributed by atoms with Crippen molar-refractivity contribution < 1.29 is 19.1 Å². The molecule has 0 fully saturated rings. The monoisotopic (exact) mass is 271 g/mol. The molecular weight excluding hydrogens is 254 g/mol. The summed E-state index contributed by atoms with van der Waals surface area (Å²) in [5, 5.41) is 0. The van der Waals surface area contributed by atoms with Crippen LogP contribution < -0.4 is 5.73 Å². The van der Waals surface area contributed by atoms with E-state index in [1.165, 1.54) is 11.3 Å². The second-order valence-corrected chi connectivity index (χ2v) is 4.74. The molecule has 1 aromatic heterocycles. The molecule has 0 aromatic carbocycles. The van der Waals surface area contributed by atoms with Crippen LogP contribution in [0.1, 0.15) is 44.3 Å². The topological polar surface area (TPSA) is 78.6 Å². The summed E-state index contributed by atoms with van der Waals surface area (Å²) in [5.41, 5.74) is 6.33. The molecule has 0 unspecified atom stereocenters. The van der Waals surface area contributed by atoms with Crippen LogP contribution in [0.25, 0.3) is 0 Å². The minimum atomic E-state index is -0.576. The van der Waals surface area contributed by atoms with Crippen LogP contribution in [0.15, 0.2) is 0 Å². The number of aryl methyl sites for hydroxylation is 1. The van der Waals surface area contributed by atoms with Crippen LogP contribution in [0.4, 0.5) is 0 Å². The fourth-order valence-electron chi connectivity index (χ4n) is 1.71. The smallest absolute Gasteiger partial charge is 0.350 e. The van der Waals surface area contributed by atoms with Gasteiger partial charge in [-0.25, -0.2) is 9.59 Å². The summed E-state index contributed by atoms with van der Waals surface area (Å²) in [5.74, 6) is -1.06. The summed E-state index contributed by atoms with van der Waals surface area (Å²) in [4.78, 5) is 24.9.